The van der Waals surface area contributed by atoms with Crippen LogP contribution in [0.1, 0.15) is 18.7 Å². The summed E-state index contributed by atoms with van der Waals surface area (Å²) in [4.78, 5) is 17.6. The van der Waals surface area contributed by atoms with E-state index in [4.69, 9.17) is 5.11 Å². The van der Waals surface area contributed by atoms with Gasteiger partial charge in [-0.1, -0.05) is 15.9 Å². The first-order chi connectivity index (χ1) is 8.49. The SMILES string of the molecule is CC(C(=O)O)c1ncc(-c2cc(Br)ccc2F)[nH]1. The van der Waals surface area contributed by atoms with Crippen LogP contribution in [0.5, 0.6) is 0 Å². The summed E-state index contributed by atoms with van der Waals surface area (Å²) >= 11 is 3.26. The van der Waals surface area contributed by atoms with E-state index in [1.807, 2.05) is 0 Å². The summed E-state index contributed by atoms with van der Waals surface area (Å²) < 4.78 is 14.4. The molecule has 0 fully saturated rings. The number of imidazole rings is 1. The maximum atomic E-state index is 13.6. The summed E-state index contributed by atoms with van der Waals surface area (Å²) in [7, 11) is 0. The molecule has 94 valence electrons. The molecule has 1 unspecified atom stereocenters. The molecule has 0 saturated carbocycles. The van der Waals surface area contributed by atoms with E-state index in [0.29, 0.717) is 17.1 Å². The van der Waals surface area contributed by atoms with Gasteiger partial charge in [0.1, 0.15) is 17.6 Å². The highest BCUT2D eigenvalue weighted by molar-refractivity contribution is 9.10. The Balaban J connectivity index is 2.41. The maximum absolute atomic E-state index is 13.6. The van der Waals surface area contributed by atoms with Gasteiger partial charge < -0.3 is 10.1 Å². The van der Waals surface area contributed by atoms with E-state index >= 15 is 0 Å². The molecule has 0 saturated heterocycles. The number of hydrogen-bond donors (Lipinski definition) is 2. The van der Waals surface area contributed by atoms with Gasteiger partial charge in [0.2, 0.25) is 0 Å². The molecule has 18 heavy (non-hydrogen) atoms. The molecule has 4 nitrogen and oxygen atoms in total. The standard InChI is InChI=1S/C12H10BrFN2O2/c1-6(12(17)18)11-15-5-10(16-11)8-4-7(13)2-3-9(8)14/h2-6H,1H3,(H,15,16)(H,17,18). The Bertz CT molecular complexity index is 598. The van der Waals surface area contributed by atoms with E-state index < -0.39 is 17.7 Å². The minimum absolute atomic E-state index is 0.303. The Morgan fingerprint density at radius 3 is 2.94 bits per heavy atom. The average Bonchev–Trinajstić information content (AvgIpc) is 2.80. The summed E-state index contributed by atoms with van der Waals surface area (Å²) in [6.45, 7) is 1.52. The molecule has 0 amide bonds. The van der Waals surface area contributed by atoms with Gasteiger partial charge in [-0.2, -0.15) is 0 Å². The van der Waals surface area contributed by atoms with Crippen molar-refractivity contribution in [2.24, 2.45) is 0 Å². The summed E-state index contributed by atoms with van der Waals surface area (Å²) in [5.41, 5.74) is 0.803. The fourth-order valence-electron chi connectivity index (χ4n) is 1.51. The number of rotatable bonds is 3. The monoisotopic (exact) mass is 312 g/mol. The van der Waals surface area contributed by atoms with Gasteiger partial charge in [0.25, 0.3) is 0 Å². The summed E-state index contributed by atoms with van der Waals surface area (Å²) in [5.74, 6) is -1.83. The number of nitrogens with zero attached hydrogens (tertiary/aromatic N) is 1. The van der Waals surface area contributed by atoms with Crippen LogP contribution in [0, 0.1) is 5.82 Å². The van der Waals surface area contributed by atoms with Crippen molar-refractivity contribution >= 4 is 21.9 Å². The van der Waals surface area contributed by atoms with E-state index in [0.717, 1.165) is 4.47 Å². The molecule has 1 heterocycles. The second-order valence-corrected chi connectivity index (χ2v) is 4.78. The van der Waals surface area contributed by atoms with Crippen molar-refractivity contribution in [3.63, 3.8) is 0 Å². The first kappa shape index (κ1) is 12.8. The number of hydrogen-bond acceptors (Lipinski definition) is 2. The number of carboxylic acid groups (broad SMARTS) is 1. The van der Waals surface area contributed by atoms with Crippen molar-refractivity contribution in [1.29, 1.82) is 0 Å². The number of aromatic nitrogens is 2. The molecule has 1 aromatic heterocycles. The summed E-state index contributed by atoms with van der Waals surface area (Å²) in [5, 5.41) is 8.87. The fraction of sp³-hybridized carbons (Fsp3) is 0.167. The molecule has 0 spiro atoms. The molecule has 1 aromatic carbocycles. The predicted octanol–water partition coefficient (Wildman–Crippen LogP) is 3.17. The van der Waals surface area contributed by atoms with Gasteiger partial charge in [0.15, 0.2) is 0 Å². The quantitative estimate of drug-likeness (QED) is 0.915. The molecule has 2 aromatic rings. The van der Waals surface area contributed by atoms with Gasteiger partial charge in [-0.05, 0) is 25.1 Å². The van der Waals surface area contributed by atoms with Crippen molar-refractivity contribution in [3.8, 4) is 11.3 Å². The van der Waals surface area contributed by atoms with Gasteiger partial charge in [0, 0.05) is 10.0 Å². The molecule has 0 aliphatic rings. The zero-order chi connectivity index (χ0) is 13.3. The maximum Gasteiger partial charge on any atom is 0.313 e. The Kier molecular flexibility index (Phi) is 3.47. The lowest BCUT2D eigenvalue weighted by Crippen LogP contribution is -2.08. The summed E-state index contributed by atoms with van der Waals surface area (Å²) in [6.07, 6.45) is 1.43. The first-order valence-corrected chi connectivity index (χ1v) is 6.01. The topological polar surface area (TPSA) is 66.0 Å². The number of H-pyrrole nitrogens is 1. The Labute approximate surface area is 111 Å². The lowest BCUT2D eigenvalue weighted by molar-refractivity contribution is -0.138. The highest BCUT2D eigenvalue weighted by Crippen LogP contribution is 2.26. The van der Waals surface area contributed by atoms with E-state index in [1.165, 1.54) is 19.2 Å². The largest absolute Gasteiger partial charge is 0.481 e. The summed E-state index contributed by atoms with van der Waals surface area (Å²) in [6, 6.07) is 4.54. The van der Waals surface area contributed by atoms with Crippen molar-refractivity contribution in [2.45, 2.75) is 12.8 Å². The number of carboxylic acids is 1. The third kappa shape index (κ3) is 2.43. The van der Waals surface area contributed by atoms with Gasteiger partial charge in [-0.25, -0.2) is 9.37 Å². The minimum atomic E-state index is -0.981. The fourth-order valence-corrected chi connectivity index (χ4v) is 1.88. The number of aromatic amines is 1. The molecule has 2 rings (SSSR count). The van der Waals surface area contributed by atoms with Gasteiger partial charge in [0.05, 0.1) is 11.9 Å². The van der Waals surface area contributed by atoms with Crippen molar-refractivity contribution < 1.29 is 14.3 Å². The Morgan fingerprint density at radius 2 is 2.28 bits per heavy atom. The normalized spacial score (nSPS) is 12.4. The van der Waals surface area contributed by atoms with Crippen molar-refractivity contribution in [1.82, 2.24) is 9.97 Å². The van der Waals surface area contributed by atoms with Crippen LogP contribution in [0.25, 0.3) is 11.3 Å². The number of benzene rings is 1. The van der Waals surface area contributed by atoms with Gasteiger partial charge in [-0.15, -0.1) is 0 Å². The molecule has 0 aliphatic carbocycles. The number of aliphatic carboxylic acids is 1. The second kappa shape index (κ2) is 4.89. The van der Waals surface area contributed by atoms with E-state index in [9.17, 15) is 9.18 Å². The molecule has 0 aliphatic heterocycles. The van der Waals surface area contributed by atoms with Crippen LogP contribution in [-0.4, -0.2) is 21.0 Å². The van der Waals surface area contributed by atoms with Crippen LogP contribution < -0.4 is 0 Å². The number of carbonyl (C=O) groups is 1. The average molecular weight is 313 g/mol. The third-order valence-electron chi connectivity index (χ3n) is 2.59. The molecule has 1 atom stereocenters. The first-order valence-electron chi connectivity index (χ1n) is 5.22. The highest BCUT2D eigenvalue weighted by Gasteiger charge is 2.18. The van der Waals surface area contributed by atoms with Gasteiger partial charge in [-0.3, -0.25) is 4.79 Å². The Hall–Kier alpha value is -1.69. The third-order valence-corrected chi connectivity index (χ3v) is 3.09. The molecule has 6 heteroatoms. The van der Waals surface area contributed by atoms with Crippen molar-refractivity contribution in [2.75, 3.05) is 0 Å². The van der Waals surface area contributed by atoms with E-state index in [1.54, 1.807) is 12.1 Å². The molecule has 0 radical (unpaired) electrons. The van der Waals surface area contributed by atoms with Crippen LogP contribution in [0.4, 0.5) is 4.39 Å². The smallest absolute Gasteiger partial charge is 0.313 e. The zero-order valence-electron chi connectivity index (χ0n) is 9.45. The molecular weight excluding hydrogens is 303 g/mol. The minimum Gasteiger partial charge on any atom is -0.481 e. The van der Waals surface area contributed by atoms with E-state index in [-0.39, 0.29) is 0 Å². The molecule has 0 bridgehead atoms. The van der Waals surface area contributed by atoms with E-state index in [2.05, 4.69) is 25.9 Å². The van der Waals surface area contributed by atoms with Gasteiger partial charge >= 0.3 is 5.97 Å². The van der Waals surface area contributed by atoms with Crippen LogP contribution in [0.15, 0.2) is 28.9 Å². The second-order valence-electron chi connectivity index (χ2n) is 3.87. The zero-order valence-corrected chi connectivity index (χ0v) is 11.0. The Morgan fingerprint density at radius 1 is 1.56 bits per heavy atom. The highest BCUT2D eigenvalue weighted by atomic mass is 79.9. The molecular formula is C12H10BrFN2O2. The van der Waals surface area contributed by atoms with Crippen LogP contribution in [0.3, 0.4) is 0 Å². The number of halogens is 2. The van der Waals surface area contributed by atoms with Crippen LogP contribution >= 0.6 is 15.9 Å². The predicted molar refractivity (Wildman–Crippen MR) is 67.7 cm³/mol. The van der Waals surface area contributed by atoms with Crippen molar-refractivity contribution in [3.05, 3.63) is 40.5 Å². The van der Waals surface area contributed by atoms with Crippen LogP contribution in [-0.2, 0) is 4.79 Å². The lowest BCUT2D eigenvalue weighted by atomic mass is 10.1. The van der Waals surface area contributed by atoms with Crippen LogP contribution in [0.2, 0.25) is 0 Å². The number of nitrogens with one attached hydrogen (secondary N) is 1. The lowest BCUT2D eigenvalue weighted by Gasteiger charge is -2.02. The molecule has 2 N–H and O–H groups in total.